The van der Waals surface area contributed by atoms with E-state index >= 15 is 0 Å². The van der Waals surface area contributed by atoms with Crippen molar-refractivity contribution in [2.24, 2.45) is 0 Å². The highest BCUT2D eigenvalue weighted by Crippen LogP contribution is 2.16. The molecule has 0 fully saturated rings. The van der Waals surface area contributed by atoms with Gasteiger partial charge in [-0.2, -0.15) is 5.26 Å². The van der Waals surface area contributed by atoms with Gasteiger partial charge in [0.05, 0.1) is 12.5 Å². The molecule has 0 spiro atoms. The average Bonchev–Trinajstić information content (AvgIpc) is 2.19. The van der Waals surface area contributed by atoms with Crippen LogP contribution in [-0.4, -0.2) is 6.04 Å². The standard InChI is InChI=1S/C12H16N2/c1-3-11-6-4-5-7-12(11)14-10(2)8-9-13/h4-7,10,14H,3,8H2,1-2H3. The van der Waals surface area contributed by atoms with E-state index < -0.39 is 0 Å². The van der Waals surface area contributed by atoms with Gasteiger partial charge in [-0.1, -0.05) is 25.1 Å². The van der Waals surface area contributed by atoms with Gasteiger partial charge >= 0.3 is 0 Å². The van der Waals surface area contributed by atoms with Crippen LogP contribution in [-0.2, 0) is 6.42 Å². The van der Waals surface area contributed by atoms with Crippen molar-refractivity contribution in [2.45, 2.75) is 32.7 Å². The molecule has 0 radical (unpaired) electrons. The van der Waals surface area contributed by atoms with E-state index in [9.17, 15) is 0 Å². The van der Waals surface area contributed by atoms with Crippen LogP contribution in [0, 0.1) is 11.3 Å². The van der Waals surface area contributed by atoms with Gasteiger partial charge in [0, 0.05) is 11.7 Å². The lowest BCUT2D eigenvalue weighted by Gasteiger charge is -2.14. The Bertz CT molecular complexity index is 325. The highest BCUT2D eigenvalue weighted by atomic mass is 14.9. The lowest BCUT2D eigenvalue weighted by atomic mass is 10.1. The molecular formula is C12H16N2. The van der Waals surface area contributed by atoms with Crippen LogP contribution in [0.25, 0.3) is 0 Å². The van der Waals surface area contributed by atoms with Gasteiger partial charge < -0.3 is 5.32 Å². The number of hydrogen-bond acceptors (Lipinski definition) is 2. The van der Waals surface area contributed by atoms with Crippen LogP contribution in [0.15, 0.2) is 24.3 Å². The second kappa shape index (κ2) is 5.29. The first-order chi connectivity index (χ1) is 6.77. The maximum Gasteiger partial charge on any atom is 0.0643 e. The molecule has 1 rings (SSSR count). The molecule has 1 unspecified atom stereocenters. The molecule has 1 aromatic carbocycles. The van der Waals surface area contributed by atoms with Gasteiger partial charge in [0.2, 0.25) is 0 Å². The fourth-order valence-corrected chi connectivity index (χ4v) is 1.42. The zero-order valence-corrected chi connectivity index (χ0v) is 8.75. The minimum absolute atomic E-state index is 0.215. The third-order valence-electron chi connectivity index (χ3n) is 2.20. The van der Waals surface area contributed by atoms with Crippen molar-refractivity contribution in [2.75, 3.05) is 5.32 Å². The van der Waals surface area contributed by atoms with E-state index in [0.717, 1.165) is 12.1 Å². The highest BCUT2D eigenvalue weighted by Gasteiger charge is 2.03. The molecule has 74 valence electrons. The third-order valence-corrected chi connectivity index (χ3v) is 2.20. The summed E-state index contributed by atoms with van der Waals surface area (Å²) >= 11 is 0. The predicted molar refractivity (Wildman–Crippen MR) is 59.1 cm³/mol. The van der Waals surface area contributed by atoms with Crippen LogP contribution in [0.4, 0.5) is 5.69 Å². The largest absolute Gasteiger partial charge is 0.381 e. The smallest absolute Gasteiger partial charge is 0.0643 e. The van der Waals surface area contributed by atoms with Gasteiger partial charge in [-0.3, -0.25) is 0 Å². The first kappa shape index (κ1) is 10.6. The van der Waals surface area contributed by atoms with Crippen molar-refractivity contribution < 1.29 is 0 Å². The molecule has 0 bridgehead atoms. The monoisotopic (exact) mass is 188 g/mol. The second-order valence-corrected chi connectivity index (χ2v) is 3.42. The Morgan fingerprint density at radius 1 is 1.43 bits per heavy atom. The summed E-state index contributed by atoms with van der Waals surface area (Å²) in [7, 11) is 0. The topological polar surface area (TPSA) is 35.8 Å². The van der Waals surface area contributed by atoms with Crippen molar-refractivity contribution in [1.82, 2.24) is 0 Å². The Morgan fingerprint density at radius 2 is 2.14 bits per heavy atom. The molecule has 0 saturated carbocycles. The molecule has 0 aromatic heterocycles. The van der Waals surface area contributed by atoms with Gasteiger partial charge in [0.25, 0.3) is 0 Å². The van der Waals surface area contributed by atoms with E-state index in [1.165, 1.54) is 5.56 Å². The number of nitrogens with one attached hydrogen (secondary N) is 1. The van der Waals surface area contributed by atoms with Crippen LogP contribution in [0.5, 0.6) is 0 Å². The first-order valence-corrected chi connectivity index (χ1v) is 4.99. The summed E-state index contributed by atoms with van der Waals surface area (Å²) in [6, 6.07) is 10.6. The van der Waals surface area contributed by atoms with Gasteiger partial charge in [-0.05, 0) is 25.0 Å². The van der Waals surface area contributed by atoms with E-state index in [1.807, 2.05) is 19.1 Å². The Balaban J connectivity index is 2.71. The highest BCUT2D eigenvalue weighted by molar-refractivity contribution is 5.51. The molecule has 0 aliphatic rings. The lowest BCUT2D eigenvalue weighted by molar-refractivity contribution is 0.818. The normalized spacial score (nSPS) is 11.8. The third kappa shape index (κ3) is 2.77. The lowest BCUT2D eigenvalue weighted by Crippen LogP contribution is -2.15. The SMILES string of the molecule is CCc1ccccc1NC(C)CC#N. The van der Waals surface area contributed by atoms with Crippen molar-refractivity contribution in [3.05, 3.63) is 29.8 Å². The van der Waals surface area contributed by atoms with Crippen LogP contribution >= 0.6 is 0 Å². The average molecular weight is 188 g/mol. The first-order valence-electron chi connectivity index (χ1n) is 4.99. The van der Waals surface area contributed by atoms with Crippen LogP contribution in [0.1, 0.15) is 25.8 Å². The van der Waals surface area contributed by atoms with Crippen molar-refractivity contribution in [1.29, 1.82) is 5.26 Å². The predicted octanol–water partition coefficient (Wildman–Crippen LogP) is 2.96. The Kier molecular flexibility index (Phi) is 4.00. The summed E-state index contributed by atoms with van der Waals surface area (Å²) in [5, 5.41) is 11.9. The van der Waals surface area contributed by atoms with E-state index in [-0.39, 0.29) is 6.04 Å². The number of nitriles is 1. The summed E-state index contributed by atoms with van der Waals surface area (Å²) in [5.41, 5.74) is 2.45. The maximum atomic E-state index is 8.55. The number of nitrogens with zero attached hydrogens (tertiary/aromatic N) is 1. The molecule has 2 nitrogen and oxygen atoms in total. The van der Waals surface area contributed by atoms with Crippen molar-refractivity contribution in [3.8, 4) is 6.07 Å². The molecule has 0 amide bonds. The van der Waals surface area contributed by atoms with Crippen LogP contribution in [0.2, 0.25) is 0 Å². The molecule has 0 aliphatic heterocycles. The van der Waals surface area contributed by atoms with E-state index in [4.69, 9.17) is 5.26 Å². The van der Waals surface area contributed by atoms with Gasteiger partial charge in [-0.15, -0.1) is 0 Å². The molecule has 0 heterocycles. The van der Waals surface area contributed by atoms with Crippen LogP contribution < -0.4 is 5.32 Å². The molecule has 0 aliphatic carbocycles. The number of para-hydroxylation sites is 1. The second-order valence-electron chi connectivity index (χ2n) is 3.42. The van der Waals surface area contributed by atoms with Crippen LogP contribution in [0.3, 0.4) is 0 Å². The Labute approximate surface area is 85.6 Å². The molecule has 2 heteroatoms. The molecule has 0 saturated heterocycles. The Morgan fingerprint density at radius 3 is 2.79 bits per heavy atom. The summed E-state index contributed by atoms with van der Waals surface area (Å²) in [6.45, 7) is 4.16. The summed E-state index contributed by atoms with van der Waals surface area (Å²) in [4.78, 5) is 0. The van der Waals surface area contributed by atoms with Crippen molar-refractivity contribution in [3.63, 3.8) is 0 Å². The fourth-order valence-electron chi connectivity index (χ4n) is 1.42. The number of aryl methyl sites for hydroxylation is 1. The minimum Gasteiger partial charge on any atom is -0.381 e. The summed E-state index contributed by atoms with van der Waals surface area (Å²) in [6.07, 6.45) is 1.56. The molecule has 14 heavy (non-hydrogen) atoms. The quantitative estimate of drug-likeness (QED) is 0.788. The Hall–Kier alpha value is -1.49. The number of anilines is 1. The zero-order chi connectivity index (χ0) is 10.4. The van der Waals surface area contributed by atoms with E-state index in [0.29, 0.717) is 6.42 Å². The van der Waals surface area contributed by atoms with Crippen molar-refractivity contribution >= 4 is 5.69 Å². The molecule has 1 aromatic rings. The van der Waals surface area contributed by atoms with E-state index in [2.05, 4.69) is 30.4 Å². The summed E-state index contributed by atoms with van der Waals surface area (Å²) in [5.74, 6) is 0. The molecule has 1 atom stereocenters. The number of rotatable bonds is 4. The fraction of sp³-hybridized carbons (Fsp3) is 0.417. The molecule has 1 N–H and O–H groups in total. The van der Waals surface area contributed by atoms with E-state index in [1.54, 1.807) is 0 Å². The number of benzene rings is 1. The van der Waals surface area contributed by atoms with Gasteiger partial charge in [0.15, 0.2) is 0 Å². The maximum absolute atomic E-state index is 8.55. The van der Waals surface area contributed by atoms with Gasteiger partial charge in [0.1, 0.15) is 0 Å². The van der Waals surface area contributed by atoms with Gasteiger partial charge in [-0.25, -0.2) is 0 Å². The minimum atomic E-state index is 0.215. The molecular weight excluding hydrogens is 172 g/mol. The summed E-state index contributed by atoms with van der Waals surface area (Å²) < 4.78 is 0. The zero-order valence-electron chi connectivity index (χ0n) is 8.75. The number of hydrogen-bond donors (Lipinski definition) is 1.